The Hall–Kier alpha value is -2.80. The zero-order valence-electron chi connectivity index (χ0n) is 11.8. The number of amides is 1. The van der Waals surface area contributed by atoms with Crippen molar-refractivity contribution < 1.29 is 9.72 Å². The van der Waals surface area contributed by atoms with Crippen LogP contribution in [0.15, 0.2) is 64.2 Å². The molecule has 2 rings (SSSR count). The Balaban J connectivity index is 1.94. The highest BCUT2D eigenvalue weighted by Gasteiger charge is 2.07. The summed E-state index contributed by atoms with van der Waals surface area (Å²) in [5.74, 6) is -0.336. The van der Waals surface area contributed by atoms with Crippen LogP contribution >= 0.6 is 15.9 Å². The fraction of sp³-hybridized carbons (Fsp3) is 0. The first kappa shape index (κ1) is 16.6. The number of nitro groups is 1. The molecule has 0 saturated heterocycles. The molecule has 6 nitrogen and oxygen atoms in total. The molecule has 0 bridgehead atoms. The third kappa shape index (κ3) is 4.86. The van der Waals surface area contributed by atoms with Gasteiger partial charge in [0, 0.05) is 22.8 Å². The first-order valence-corrected chi connectivity index (χ1v) is 7.36. The zero-order valence-corrected chi connectivity index (χ0v) is 13.4. The maximum absolute atomic E-state index is 11.9. The molecule has 116 valence electrons. The maximum Gasteiger partial charge on any atom is 0.272 e. The standard InChI is InChI=1S/C16H12BrN3O3/c17-15-9-2-1-8-14(15)16(21)19-18-10-4-6-12-5-3-7-13(11-12)20(22)23/h1-11H,(H,19,21)/b6-4+,18-10+. The number of halogens is 1. The summed E-state index contributed by atoms with van der Waals surface area (Å²) >= 11 is 3.29. The molecule has 0 unspecified atom stereocenters. The molecule has 23 heavy (non-hydrogen) atoms. The van der Waals surface area contributed by atoms with Crippen LogP contribution in [0.2, 0.25) is 0 Å². The summed E-state index contributed by atoms with van der Waals surface area (Å²) in [4.78, 5) is 22.1. The van der Waals surface area contributed by atoms with E-state index in [-0.39, 0.29) is 11.6 Å². The summed E-state index contributed by atoms with van der Waals surface area (Å²) in [5.41, 5.74) is 3.56. The minimum atomic E-state index is -0.455. The van der Waals surface area contributed by atoms with E-state index in [2.05, 4.69) is 26.5 Å². The van der Waals surface area contributed by atoms with E-state index in [0.717, 1.165) is 0 Å². The lowest BCUT2D eigenvalue weighted by molar-refractivity contribution is -0.384. The number of hydrazone groups is 1. The molecule has 0 aliphatic carbocycles. The molecule has 2 aromatic rings. The number of non-ortho nitro benzene ring substituents is 1. The second-order valence-corrected chi connectivity index (χ2v) is 5.26. The number of nitro benzene ring substituents is 1. The molecular weight excluding hydrogens is 362 g/mol. The second-order valence-electron chi connectivity index (χ2n) is 4.41. The molecule has 0 spiro atoms. The Morgan fingerprint density at radius 2 is 2.00 bits per heavy atom. The number of allylic oxidation sites excluding steroid dienone is 1. The van der Waals surface area contributed by atoms with Gasteiger partial charge in [0.25, 0.3) is 11.6 Å². The lowest BCUT2D eigenvalue weighted by Crippen LogP contribution is -2.17. The van der Waals surface area contributed by atoms with Crippen LogP contribution in [0.3, 0.4) is 0 Å². The van der Waals surface area contributed by atoms with E-state index in [1.165, 1.54) is 18.3 Å². The van der Waals surface area contributed by atoms with Gasteiger partial charge in [-0.25, -0.2) is 5.43 Å². The minimum Gasteiger partial charge on any atom is -0.267 e. The topological polar surface area (TPSA) is 84.6 Å². The first-order valence-electron chi connectivity index (χ1n) is 6.57. The van der Waals surface area contributed by atoms with Crippen LogP contribution in [0.25, 0.3) is 6.08 Å². The molecule has 0 heterocycles. The van der Waals surface area contributed by atoms with Gasteiger partial charge in [0.2, 0.25) is 0 Å². The Labute approximate surface area is 140 Å². The Morgan fingerprint density at radius 3 is 2.74 bits per heavy atom. The summed E-state index contributed by atoms with van der Waals surface area (Å²) in [5, 5.41) is 14.5. The lowest BCUT2D eigenvalue weighted by atomic mass is 10.2. The number of hydrogen-bond donors (Lipinski definition) is 1. The molecular formula is C16H12BrN3O3. The molecule has 1 N–H and O–H groups in total. The predicted molar refractivity (Wildman–Crippen MR) is 92.2 cm³/mol. The summed E-state index contributed by atoms with van der Waals surface area (Å²) in [7, 11) is 0. The van der Waals surface area contributed by atoms with Crippen molar-refractivity contribution in [3.8, 4) is 0 Å². The van der Waals surface area contributed by atoms with Crippen LogP contribution in [0.1, 0.15) is 15.9 Å². The van der Waals surface area contributed by atoms with Gasteiger partial charge >= 0.3 is 0 Å². The van der Waals surface area contributed by atoms with Crippen LogP contribution in [-0.4, -0.2) is 17.0 Å². The molecule has 0 atom stereocenters. The van der Waals surface area contributed by atoms with Gasteiger partial charge in [-0.3, -0.25) is 14.9 Å². The average Bonchev–Trinajstić information content (AvgIpc) is 2.55. The van der Waals surface area contributed by atoms with Gasteiger partial charge < -0.3 is 0 Å². The quantitative estimate of drug-likeness (QED) is 0.491. The van der Waals surface area contributed by atoms with Crippen LogP contribution in [0, 0.1) is 10.1 Å². The van der Waals surface area contributed by atoms with Crippen molar-refractivity contribution in [1.29, 1.82) is 0 Å². The number of benzene rings is 2. The number of rotatable bonds is 5. The normalized spacial score (nSPS) is 11.0. The van der Waals surface area contributed by atoms with Crippen molar-refractivity contribution in [1.82, 2.24) is 5.43 Å². The summed E-state index contributed by atoms with van der Waals surface area (Å²) in [6.07, 6.45) is 4.63. The monoisotopic (exact) mass is 373 g/mol. The van der Waals surface area contributed by atoms with Gasteiger partial charge in [0.15, 0.2) is 0 Å². The van der Waals surface area contributed by atoms with Crippen molar-refractivity contribution in [2.75, 3.05) is 0 Å². The molecule has 2 aromatic carbocycles. The lowest BCUT2D eigenvalue weighted by Gasteiger charge is -2.01. The van der Waals surface area contributed by atoms with E-state index in [0.29, 0.717) is 15.6 Å². The highest BCUT2D eigenvalue weighted by atomic mass is 79.9. The molecule has 0 aliphatic heterocycles. The van der Waals surface area contributed by atoms with Gasteiger partial charge in [0.1, 0.15) is 0 Å². The van der Waals surface area contributed by atoms with E-state index in [1.807, 2.05) is 6.07 Å². The van der Waals surface area contributed by atoms with Gasteiger partial charge in [-0.2, -0.15) is 5.10 Å². The number of nitrogens with zero attached hydrogens (tertiary/aromatic N) is 2. The molecule has 7 heteroatoms. The van der Waals surface area contributed by atoms with Crippen LogP contribution in [-0.2, 0) is 0 Å². The zero-order chi connectivity index (χ0) is 16.7. The largest absolute Gasteiger partial charge is 0.272 e. The molecule has 1 amide bonds. The molecule has 0 aromatic heterocycles. The highest BCUT2D eigenvalue weighted by Crippen LogP contribution is 2.15. The van der Waals surface area contributed by atoms with Crippen molar-refractivity contribution in [2.24, 2.45) is 5.10 Å². The number of hydrogen-bond acceptors (Lipinski definition) is 4. The van der Waals surface area contributed by atoms with Crippen molar-refractivity contribution in [2.45, 2.75) is 0 Å². The second kappa shape index (κ2) is 8.00. The summed E-state index contributed by atoms with van der Waals surface area (Å²) in [6, 6.07) is 13.2. The third-order valence-electron chi connectivity index (χ3n) is 2.81. The van der Waals surface area contributed by atoms with Gasteiger partial charge in [-0.05, 0) is 39.7 Å². The van der Waals surface area contributed by atoms with E-state index in [4.69, 9.17) is 0 Å². The maximum atomic E-state index is 11.9. The molecule has 0 fully saturated rings. The van der Waals surface area contributed by atoms with E-state index < -0.39 is 4.92 Å². The molecule has 0 radical (unpaired) electrons. The third-order valence-corrected chi connectivity index (χ3v) is 3.51. The Morgan fingerprint density at radius 1 is 1.22 bits per heavy atom. The van der Waals surface area contributed by atoms with Crippen LogP contribution in [0.5, 0.6) is 0 Å². The fourth-order valence-corrected chi connectivity index (χ4v) is 2.21. The Bertz CT molecular complexity index is 788. The van der Waals surface area contributed by atoms with Crippen molar-refractivity contribution in [3.05, 3.63) is 80.3 Å². The van der Waals surface area contributed by atoms with Gasteiger partial charge in [-0.1, -0.05) is 30.3 Å². The average molecular weight is 374 g/mol. The van der Waals surface area contributed by atoms with Crippen molar-refractivity contribution in [3.63, 3.8) is 0 Å². The first-order chi connectivity index (χ1) is 11.1. The van der Waals surface area contributed by atoms with Crippen molar-refractivity contribution >= 4 is 39.8 Å². The van der Waals surface area contributed by atoms with Gasteiger partial charge in [0.05, 0.1) is 10.5 Å². The number of nitrogens with one attached hydrogen (secondary N) is 1. The van der Waals surface area contributed by atoms with E-state index in [9.17, 15) is 14.9 Å². The predicted octanol–water partition coefficient (Wildman–Crippen LogP) is 3.79. The van der Waals surface area contributed by atoms with E-state index in [1.54, 1.807) is 42.5 Å². The summed E-state index contributed by atoms with van der Waals surface area (Å²) in [6.45, 7) is 0. The molecule has 0 aliphatic rings. The smallest absolute Gasteiger partial charge is 0.267 e. The summed E-state index contributed by atoms with van der Waals surface area (Å²) < 4.78 is 0.680. The van der Waals surface area contributed by atoms with E-state index >= 15 is 0 Å². The van der Waals surface area contributed by atoms with Gasteiger partial charge in [-0.15, -0.1) is 0 Å². The number of carbonyl (C=O) groups excluding carboxylic acids is 1. The fourth-order valence-electron chi connectivity index (χ4n) is 1.74. The minimum absolute atomic E-state index is 0.0197. The van der Waals surface area contributed by atoms with Crippen LogP contribution in [0.4, 0.5) is 5.69 Å². The highest BCUT2D eigenvalue weighted by molar-refractivity contribution is 9.10. The van der Waals surface area contributed by atoms with Crippen LogP contribution < -0.4 is 5.43 Å². The SMILES string of the molecule is O=C(N/N=C/C=C/c1cccc([N+](=O)[O-])c1)c1ccccc1Br. The molecule has 0 saturated carbocycles. The number of carbonyl (C=O) groups is 1. The Kier molecular flexibility index (Phi) is 5.76.